The van der Waals surface area contributed by atoms with Gasteiger partial charge in [-0.15, -0.1) is 0 Å². The third-order valence-corrected chi connectivity index (χ3v) is 5.96. The van der Waals surface area contributed by atoms with E-state index in [0.29, 0.717) is 10.2 Å². The van der Waals surface area contributed by atoms with Gasteiger partial charge in [-0.1, -0.05) is 13.8 Å². The quantitative estimate of drug-likeness (QED) is 0.842. The minimum Gasteiger partial charge on any atom is -0.399 e. The average molecular weight is 335 g/mol. The first-order chi connectivity index (χ1) is 8.34. The van der Waals surface area contributed by atoms with Gasteiger partial charge in [0.25, 0.3) is 0 Å². The third kappa shape index (κ3) is 3.05. The Morgan fingerprint density at radius 2 is 1.89 bits per heavy atom. The average Bonchev–Trinajstić information content (AvgIpc) is 2.29. The molecule has 18 heavy (non-hydrogen) atoms. The van der Waals surface area contributed by atoms with E-state index in [9.17, 15) is 8.42 Å². The zero-order valence-corrected chi connectivity index (χ0v) is 13.3. The Kier molecular flexibility index (Phi) is 5.19. The monoisotopic (exact) mass is 334 g/mol. The Bertz CT molecular complexity index is 513. The molecule has 0 aliphatic carbocycles. The molecule has 102 valence electrons. The minimum atomic E-state index is -3.48. The molecule has 6 heteroatoms. The molecule has 0 aliphatic heterocycles. The summed E-state index contributed by atoms with van der Waals surface area (Å²) in [6.07, 6.45) is 1.58. The van der Waals surface area contributed by atoms with Crippen LogP contribution in [-0.4, -0.2) is 25.8 Å². The molecule has 0 fully saturated rings. The zero-order chi connectivity index (χ0) is 13.9. The fraction of sp³-hybridized carbons (Fsp3) is 0.500. The molecular weight excluding hydrogens is 316 g/mol. The van der Waals surface area contributed by atoms with E-state index in [0.717, 1.165) is 12.8 Å². The van der Waals surface area contributed by atoms with Gasteiger partial charge in [0.2, 0.25) is 10.0 Å². The minimum absolute atomic E-state index is 0.0134. The molecule has 1 aromatic carbocycles. The Labute approximate surface area is 117 Å². The van der Waals surface area contributed by atoms with Gasteiger partial charge in [-0.05, 0) is 47.0 Å². The second kappa shape index (κ2) is 6.04. The van der Waals surface area contributed by atoms with E-state index in [4.69, 9.17) is 5.73 Å². The predicted octanol–water partition coefficient (Wildman–Crippen LogP) is 2.84. The number of halogens is 1. The summed E-state index contributed by atoms with van der Waals surface area (Å²) in [5.74, 6) is 0. The van der Waals surface area contributed by atoms with Crippen LogP contribution in [0.5, 0.6) is 0 Å². The maximum absolute atomic E-state index is 12.5. The van der Waals surface area contributed by atoms with E-state index >= 15 is 0 Å². The number of benzene rings is 1. The van der Waals surface area contributed by atoms with Gasteiger partial charge in [-0.25, -0.2) is 8.42 Å². The van der Waals surface area contributed by atoms with Crippen molar-refractivity contribution in [2.75, 3.05) is 12.8 Å². The smallest absolute Gasteiger partial charge is 0.244 e. The van der Waals surface area contributed by atoms with E-state index in [1.807, 2.05) is 13.8 Å². The van der Waals surface area contributed by atoms with Crippen LogP contribution in [0, 0.1) is 0 Å². The van der Waals surface area contributed by atoms with Crippen molar-refractivity contribution in [1.82, 2.24) is 4.31 Å². The molecule has 0 amide bonds. The molecule has 0 aromatic heterocycles. The lowest BCUT2D eigenvalue weighted by Gasteiger charge is -2.26. The standard InChI is InChI=1S/C12H19BrN2O2S/c1-4-10(5-2)15(3)18(16,17)12-7-6-9(14)8-11(12)13/h6-8,10H,4-5,14H2,1-3H3. The third-order valence-electron chi connectivity index (χ3n) is 3.07. The Hall–Kier alpha value is -0.590. The summed E-state index contributed by atoms with van der Waals surface area (Å²) in [5.41, 5.74) is 6.15. The molecule has 0 aliphatic rings. The summed E-state index contributed by atoms with van der Waals surface area (Å²) < 4.78 is 26.9. The Balaban J connectivity index is 3.21. The lowest BCUT2D eigenvalue weighted by atomic mass is 10.2. The number of nitrogens with zero attached hydrogens (tertiary/aromatic N) is 1. The number of nitrogen functional groups attached to an aromatic ring is 1. The fourth-order valence-electron chi connectivity index (χ4n) is 1.88. The van der Waals surface area contributed by atoms with Crippen LogP contribution in [0.25, 0.3) is 0 Å². The molecule has 0 heterocycles. The van der Waals surface area contributed by atoms with Crippen LogP contribution in [0.3, 0.4) is 0 Å². The lowest BCUT2D eigenvalue weighted by molar-refractivity contribution is 0.349. The normalized spacial score (nSPS) is 12.3. The predicted molar refractivity (Wildman–Crippen MR) is 77.9 cm³/mol. The Morgan fingerprint density at radius 3 is 2.33 bits per heavy atom. The van der Waals surface area contributed by atoms with E-state index in [1.165, 1.54) is 10.4 Å². The number of rotatable bonds is 5. The van der Waals surface area contributed by atoms with Gasteiger partial charge in [-0.2, -0.15) is 4.31 Å². The molecular formula is C12H19BrN2O2S. The Morgan fingerprint density at radius 1 is 1.33 bits per heavy atom. The maximum atomic E-state index is 12.5. The highest BCUT2D eigenvalue weighted by molar-refractivity contribution is 9.10. The first-order valence-electron chi connectivity index (χ1n) is 5.87. The van der Waals surface area contributed by atoms with Crippen molar-refractivity contribution in [3.05, 3.63) is 22.7 Å². The first kappa shape index (κ1) is 15.5. The number of hydrogen-bond donors (Lipinski definition) is 1. The second-order valence-electron chi connectivity index (χ2n) is 4.18. The molecule has 0 spiro atoms. The van der Waals surface area contributed by atoms with Crippen molar-refractivity contribution < 1.29 is 8.42 Å². The molecule has 0 atom stereocenters. The van der Waals surface area contributed by atoms with Gasteiger partial charge in [0.15, 0.2) is 0 Å². The van der Waals surface area contributed by atoms with E-state index in [-0.39, 0.29) is 10.9 Å². The molecule has 0 bridgehead atoms. The summed E-state index contributed by atoms with van der Waals surface area (Å²) in [5, 5.41) is 0. The molecule has 1 aromatic rings. The van der Waals surface area contributed by atoms with Crippen LogP contribution in [0.1, 0.15) is 26.7 Å². The summed E-state index contributed by atoms with van der Waals surface area (Å²) in [4.78, 5) is 0.256. The topological polar surface area (TPSA) is 63.4 Å². The van der Waals surface area contributed by atoms with Crippen LogP contribution >= 0.6 is 15.9 Å². The van der Waals surface area contributed by atoms with Gasteiger partial charge in [0.05, 0.1) is 4.90 Å². The number of hydrogen-bond acceptors (Lipinski definition) is 3. The molecule has 4 nitrogen and oxygen atoms in total. The summed E-state index contributed by atoms with van der Waals surface area (Å²) >= 11 is 3.26. The molecule has 2 N–H and O–H groups in total. The van der Waals surface area contributed by atoms with Crippen LogP contribution in [-0.2, 0) is 10.0 Å². The van der Waals surface area contributed by atoms with Crippen LogP contribution in [0.2, 0.25) is 0 Å². The molecule has 0 radical (unpaired) electrons. The van der Waals surface area contributed by atoms with Gasteiger partial charge < -0.3 is 5.73 Å². The number of nitrogens with two attached hydrogens (primary N) is 1. The molecule has 0 unspecified atom stereocenters. The first-order valence-corrected chi connectivity index (χ1v) is 8.10. The maximum Gasteiger partial charge on any atom is 0.244 e. The number of anilines is 1. The summed E-state index contributed by atoms with van der Waals surface area (Å²) in [6, 6.07) is 4.75. The number of sulfonamides is 1. The van der Waals surface area contributed by atoms with Crippen molar-refractivity contribution in [2.45, 2.75) is 37.6 Å². The molecule has 0 saturated carbocycles. The van der Waals surface area contributed by atoms with Crippen molar-refractivity contribution in [2.24, 2.45) is 0 Å². The van der Waals surface area contributed by atoms with Crippen molar-refractivity contribution in [3.8, 4) is 0 Å². The van der Waals surface area contributed by atoms with E-state index in [1.54, 1.807) is 19.2 Å². The summed E-state index contributed by atoms with van der Waals surface area (Å²) in [7, 11) is -1.86. The SMILES string of the molecule is CCC(CC)N(C)S(=O)(=O)c1ccc(N)cc1Br. The fourth-order valence-corrected chi connectivity index (χ4v) is 4.44. The van der Waals surface area contributed by atoms with Gasteiger partial charge in [0, 0.05) is 23.2 Å². The zero-order valence-electron chi connectivity index (χ0n) is 10.9. The summed E-state index contributed by atoms with van der Waals surface area (Å²) in [6.45, 7) is 3.97. The van der Waals surface area contributed by atoms with Crippen LogP contribution in [0.4, 0.5) is 5.69 Å². The highest BCUT2D eigenvalue weighted by Gasteiger charge is 2.27. The highest BCUT2D eigenvalue weighted by atomic mass is 79.9. The molecule has 1 rings (SSSR count). The van der Waals surface area contributed by atoms with Crippen molar-refractivity contribution in [1.29, 1.82) is 0 Å². The van der Waals surface area contributed by atoms with Gasteiger partial charge in [0.1, 0.15) is 0 Å². The second-order valence-corrected chi connectivity index (χ2v) is 7.00. The van der Waals surface area contributed by atoms with Crippen LogP contribution in [0.15, 0.2) is 27.6 Å². The lowest BCUT2D eigenvalue weighted by Crippen LogP contribution is -2.36. The van der Waals surface area contributed by atoms with E-state index in [2.05, 4.69) is 15.9 Å². The molecule has 0 saturated heterocycles. The largest absolute Gasteiger partial charge is 0.399 e. The van der Waals surface area contributed by atoms with Gasteiger partial charge in [-0.3, -0.25) is 0 Å². The van der Waals surface area contributed by atoms with Crippen molar-refractivity contribution in [3.63, 3.8) is 0 Å². The van der Waals surface area contributed by atoms with Crippen molar-refractivity contribution >= 4 is 31.6 Å². The van der Waals surface area contributed by atoms with Gasteiger partial charge >= 0.3 is 0 Å². The highest BCUT2D eigenvalue weighted by Crippen LogP contribution is 2.28. The van der Waals surface area contributed by atoms with E-state index < -0.39 is 10.0 Å². The van der Waals surface area contributed by atoms with Crippen LogP contribution < -0.4 is 5.73 Å².